The molecule has 6 nitrogen and oxygen atoms in total. The number of hydrogen-bond acceptors (Lipinski definition) is 6. The minimum atomic E-state index is -2.10. The summed E-state index contributed by atoms with van der Waals surface area (Å²) in [6.07, 6.45) is 2.51. The number of rotatable bonds is 18. The molecule has 5 atom stereocenters. The molecule has 0 unspecified atom stereocenters. The zero-order valence-corrected chi connectivity index (χ0v) is 29.4. The first-order valence-corrected chi connectivity index (χ1v) is 20.3. The second-order valence-corrected chi connectivity index (χ2v) is 23.2. The van der Waals surface area contributed by atoms with Gasteiger partial charge < -0.3 is 23.1 Å². The molecule has 0 N–H and O–H groups in total. The Labute approximate surface area is 237 Å². The molecule has 0 aromatic heterocycles. The highest BCUT2D eigenvalue weighted by Crippen LogP contribution is 2.41. The molecule has 0 aromatic rings. The van der Waals surface area contributed by atoms with Crippen LogP contribution in [0.4, 0.5) is 0 Å². The second-order valence-electron chi connectivity index (χ2n) is 13.7. The number of ether oxygens (including phenoxy) is 2. The topological polar surface area (TPSA) is 71.1 Å². The lowest BCUT2D eigenvalue weighted by molar-refractivity contribution is -0.153. The molecule has 0 aromatic carbocycles. The van der Waals surface area contributed by atoms with E-state index in [9.17, 15) is 9.59 Å². The van der Waals surface area contributed by atoms with E-state index < -0.39 is 28.2 Å². The highest BCUT2D eigenvalue weighted by atomic mass is 28.4. The summed E-state index contributed by atoms with van der Waals surface area (Å²) in [6, 6.07) is 3.18. The van der Waals surface area contributed by atoms with Crippen molar-refractivity contribution in [3.63, 3.8) is 0 Å². The van der Waals surface area contributed by atoms with E-state index in [0.717, 1.165) is 30.8 Å². The average molecular weight is 575 g/mol. The molecule has 0 heterocycles. The molecule has 0 amide bonds. The van der Waals surface area contributed by atoms with Crippen LogP contribution >= 0.6 is 0 Å². The van der Waals surface area contributed by atoms with E-state index in [2.05, 4.69) is 68.5 Å². The van der Waals surface area contributed by atoms with E-state index in [0.29, 0.717) is 19.4 Å². The predicted octanol–water partition coefficient (Wildman–Crippen LogP) is 8.01. The summed E-state index contributed by atoms with van der Waals surface area (Å²) in [7, 11) is -2.45. The van der Waals surface area contributed by atoms with E-state index >= 15 is 0 Å². The highest BCUT2D eigenvalue weighted by Gasteiger charge is 2.44. The zero-order chi connectivity index (χ0) is 29.9. The SMILES string of the molecule is CC[Si](CC)(CC)O[C@H](CCOC(=O)C(C)(C)C)[C@@H](C)[C@H](O[Si](C)(C)C(C)(C)C)[C@H](C)CC[C@@H](C=O)OC. The first kappa shape index (κ1) is 37.5. The molecule has 0 rings (SSSR count). The van der Waals surface area contributed by atoms with Crippen molar-refractivity contribution in [2.45, 2.75) is 150 Å². The summed E-state index contributed by atoms with van der Waals surface area (Å²) < 4.78 is 25.3. The first-order valence-electron chi connectivity index (χ1n) is 14.9. The summed E-state index contributed by atoms with van der Waals surface area (Å²) in [5.41, 5.74) is -0.532. The smallest absolute Gasteiger partial charge is 0.311 e. The van der Waals surface area contributed by atoms with E-state index in [-0.39, 0.29) is 35.1 Å². The third kappa shape index (κ3) is 11.5. The van der Waals surface area contributed by atoms with Gasteiger partial charge in [-0.1, -0.05) is 55.4 Å². The Balaban J connectivity index is 6.24. The fraction of sp³-hybridized carbons (Fsp3) is 0.933. The maximum Gasteiger partial charge on any atom is 0.311 e. The minimum Gasteiger partial charge on any atom is -0.465 e. The van der Waals surface area contributed by atoms with Gasteiger partial charge in [0.25, 0.3) is 0 Å². The molecule has 0 bridgehead atoms. The van der Waals surface area contributed by atoms with Crippen molar-refractivity contribution < 1.29 is 27.9 Å². The van der Waals surface area contributed by atoms with E-state index in [4.69, 9.17) is 18.3 Å². The van der Waals surface area contributed by atoms with Crippen LogP contribution in [0.5, 0.6) is 0 Å². The van der Waals surface area contributed by atoms with Crippen molar-refractivity contribution in [2.75, 3.05) is 13.7 Å². The second kappa shape index (κ2) is 16.0. The van der Waals surface area contributed by atoms with Gasteiger partial charge in [0.2, 0.25) is 0 Å². The van der Waals surface area contributed by atoms with Crippen LogP contribution in [0.3, 0.4) is 0 Å². The molecule has 8 heteroatoms. The Morgan fingerprint density at radius 2 is 1.39 bits per heavy atom. The fourth-order valence-corrected chi connectivity index (χ4v) is 8.99. The van der Waals surface area contributed by atoms with Gasteiger partial charge in [0.15, 0.2) is 16.6 Å². The zero-order valence-electron chi connectivity index (χ0n) is 27.4. The van der Waals surface area contributed by atoms with Gasteiger partial charge in [-0.15, -0.1) is 0 Å². The molecule has 0 spiro atoms. The summed E-state index contributed by atoms with van der Waals surface area (Å²) >= 11 is 0. The summed E-state index contributed by atoms with van der Waals surface area (Å²) in [6.45, 7) is 28.6. The molecule has 0 radical (unpaired) electrons. The van der Waals surface area contributed by atoms with E-state index in [1.165, 1.54) is 0 Å². The third-order valence-corrected chi connectivity index (χ3v) is 18.0. The minimum absolute atomic E-state index is 0.0411. The van der Waals surface area contributed by atoms with Crippen molar-refractivity contribution >= 4 is 28.9 Å². The number of carbonyl (C=O) groups is 2. The molecule has 0 fully saturated rings. The lowest BCUT2D eigenvalue weighted by atomic mass is 9.85. The Bertz CT molecular complexity index is 686. The van der Waals surface area contributed by atoms with Crippen molar-refractivity contribution in [2.24, 2.45) is 17.3 Å². The van der Waals surface area contributed by atoms with Gasteiger partial charge in [-0.05, 0) is 75.8 Å². The van der Waals surface area contributed by atoms with Gasteiger partial charge in [-0.3, -0.25) is 4.79 Å². The lowest BCUT2D eigenvalue weighted by Crippen LogP contribution is -2.51. The van der Waals surface area contributed by atoms with Gasteiger partial charge in [-0.25, -0.2) is 0 Å². The molecule has 0 aliphatic heterocycles. The quantitative estimate of drug-likeness (QED) is 0.0938. The number of hydrogen-bond donors (Lipinski definition) is 0. The Hall–Kier alpha value is -0.546. The molecule has 226 valence electrons. The van der Waals surface area contributed by atoms with Gasteiger partial charge in [0.1, 0.15) is 12.4 Å². The van der Waals surface area contributed by atoms with Gasteiger partial charge in [0.05, 0.1) is 24.2 Å². The van der Waals surface area contributed by atoms with Crippen LogP contribution in [0.2, 0.25) is 36.3 Å². The van der Waals surface area contributed by atoms with Crippen LogP contribution < -0.4 is 0 Å². The molecule has 38 heavy (non-hydrogen) atoms. The van der Waals surface area contributed by atoms with Crippen LogP contribution in [0.1, 0.15) is 95.4 Å². The molecular formula is C30H62O6Si2. The van der Waals surface area contributed by atoms with Crippen molar-refractivity contribution in [1.29, 1.82) is 0 Å². The highest BCUT2D eigenvalue weighted by molar-refractivity contribution is 6.74. The first-order chi connectivity index (χ1) is 17.3. The molecule has 0 aliphatic carbocycles. The van der Waals surface area contributed by atoms with Crippen LogP contribution in [-0.4, -0.2) is 60.9 Å². The van der Waals surface area contributed by atoms with Gasteiger partial charge in [0, 0.05) is 19.4 Å². The van der Waals surface area contributed by atoms with Crippen LogP contribution in [0.25, 0.3) is 0 Å². The maximum absolute atomic E-state index is 12.5. The van der Waals surface area contributed by atoms with E-state index in [1.807, 2.05) is 20.8 Å². The molecule has 0 saturated heterocycles. The predicted molar refractivity (Wildman–Crippen MR) is 164 cm³/mol. The van der Waals surface area contributed by atoms with Gasteiger partial charge in [-0.2, -0.15) is 0 Å². The van der Waals surface area contributed by atoms with Crippen LogP contribution in [0.15, 0.2) is 0 Å². The van der Waals surface area contributed by atoms with Crippen LogP contribution in [-0.2, 0) is 27.9 Å². The average Bonchev–Trinajstić information content (AvgIpc) is 2.83. The summed E-state index contributed by atoms with van der Waals surface area (Å²) in [4.78, 5) is 23.9. The summed E-state index contributed by atoms with van der Waals surface area (Å²) in [5.74, 6) is 0.123. The lowest BCUT2D eigenvalue weighted by Gasteiger charge is -2.46. The monoisotopic (exact) mass is 574 g/mol. The standard InChI is InChI=1S/C30H62O6Si2/c1-15-38(16-2,17-3)35-26(20-21-34-28(32)29(6,7)8)24(5)27(36-37(13,14)30(9,10)11)23(4)18-19-25(22-31)33-12/h22-27H,15-21H2,1-14H3/t23-,24-,25+,26-,27-/m1/s1. The number of aldehydes is 1. The van der Waals surface area contributed by atoms with Crippen molar-refractivity contribution in [3.8, 4) is 0 Å². The number of esters is 1. The van der Waals surface area contributed by atoms with Gasteiger partial charge >= 0.3 is 5.97 Å². The normalized spacial score (nSPS) is 17.4. The Morgan fingerprint density at radius 1 is 0.868 bits per heavy atom. The molecule has 0 aliphatic rings. The van der Waals surface area contributed by atoms with Crippen molar-refractivity contribution in [1.82, 2.24) is 0 Å². The number of carbonyl (C=O) groups excluding carboxylic acids is 2. The van der Waals surface area contributed by atoms with Crippen LogP contribution in [0, 0.1) is 17.3 Å². The molecular weight excluding hydrogens is 512 g/mol. The Kier molecular flexibility index (Phi) is 15.8. The van der Waals surface area contributed by atoms with Crippen molar-refractivity contribution in [3.05, 3.63) is 0 Å². The fourth-order valence-electron chi connectivity index (χ4n) is 4.54. The largest absolute Gasteiger partial charge is 0.465 e. The maximum atomic E-state index is 12.5. The molecule has 0 saturated carbocycles. The third-order valence-electron chi connectivity index (χ3n) is 8.85. The number of methoxy groups -OCH3 is 1. The summed E-state index contributed by atoms with van der Waals surface area (Å²) in [5, 5.41) is 0.0654. The Morgan fingerprint density at radius 3 is 1.79 bits per heavy atom. The van der Waals surface area contributed by atoms with E-state index in [1.54, 1.807) is 7.11 Å².